The summed E-state index contributed by atoms with van der Waals surface area (Å²) in [6.45, 7) is 0. The maximum atomic E-state index is 5.58. The van der Waals surface area contributed by atoms with Crippen molar-refractivity contribution in [3.63, 3.8) is 0 Å². The Bertz CT molecular complexity index is 170. The van der Waals surface area contributed by atoms with Gasteiger partial charge >= 0.3 is 0 Å². The molecule has 0 aromatic carbocycles. The Morgan fingerprint density at radius 1 is 1.36 bits per heavy atom. The van der Waals surface area contributed by atoms with Gasteiger partial charge in [-0.05, 0) is 18.8 Å². The molecule has 0 amide bonds. The van der Waals surface area contributed by atoms with Crippen molar-refractivity contribution in [3.05, 3.63) is 0 Å². The van der Waals surface area contributed by atoms with E-state index in [-0.39, 0.29) is 0 Å². The van der Waals surface area contributed by atoms with Crippen molar-refractivity contribution in [2.75, 3.05) is 0 Å². The first-order chi connectivity index (χ1) is 5.36. The van der Waals surface area contributed by atoms with Crippen LogP contribution in [0.1, 0.15) is 32.1 Å². The van der Waals surface area contributed by atoms with Crippen molar-refractivity contribution >= 4 is 5.84 Å². The molecule has 11 heavy (non-hydrogen) atoms. The molecule has 0 radical (unpaired) electrons. The molecule has 2 rings (SSSR count). The van der Waals surface area contributed by atoms with Crippen LogP contribution in [0.25, 0.3) is 0 Å². The fourth-order valence-corrected chi connectivity index (χ4v) is 2.11. The number of nitrogens with two attached hydrogens (primary N) is 1. The van der Waals surface area contributed by atoms with Crippen molar-refractivity contribution in [1.82, 2.24) is 5.43 Å². The van der Waals surface area contributed by atoms with E-state index in [4.69, 9.17) is 5.73 Å². The quantitative estimate of drug-likeness (QED) is 0.585. The van der Waals surface area contributed by atoms with Gasteiger partial charge < -0.3 is 11.2 Å². The van der Waals surface area contributed by atoms with E-state index in [0.717, 1.165) is 18.2 Å². The predicted molar refractivity (Wildman–Crippen MR) is 45.1 cm³/mol. The monoisotopic (exact) mass is 153 g/mol. The number of hydrazone groups is 1. The number of amidine groups is 1. The third kappa shape index (κ3) is 1.32. The summed E-state index contributed by atoms with van der Waals surface area (Å²) in [6.07, 6.45) is 6.47. The Balaban J connectivity index is 1.88. The van der Waals surface area contributed by atoms with Gasteiger partial charge in [0, 0.05) is 6.42 Å². The summed E-state index contributed by atoms with van der Waals surface area (Å²) in [4.78, 5) is 0. The van der Waals surface area contributed by atoms with Crippen LogP contribution in [0.3, 0.4) is 0 Å². The zero-order chi connectivity index (χ0) is 7.68. The standard InChI is InChI=1S/C8H15N3/c9-8-5-7(10-11-8)6-3-1-2-4-6/h6-7,10H,1-5H2,(H2,9,11)/t7-/m1/s1. The van der Waals surface area contributed by atoms with Crippen LogP contribution < -0.4 is 11.2 Å². The Hall–Kier alpha value is -0.730. The molecule has 1 aliphatic heterocycles. The SMILES string of the molecule is NC1=NN[C@@H](C2CCCC2)C1. The van der Waals surface area contributed by atoms with Crippen LogP contribution in [0.15, 0.2) is 5.10 Å². The third-order valence-electron chi connectivity index (χ3n) is 2.77. The van der Waals surface area contributed by atoms with Gasteiger partial charge in [-0.1, -0.05) is 12.8 Å². The first-order valence-corrected chi connectivity index (χ1v) is 4.44. The highest BCUT2D eigenvalue weighted by molar-refractivity contribution is 5.82. The van der Waals surface area contributed by atoms with E-state index in [1.54, 1.807) is 0 Å². The van der Waals surface area contributed by atoms with Crippen LogP contribution in [-0.2, 0) is 0 Å². The zero-order valence-corrected chi connectivity index (χ0v) is 6.71. The Morgan fingerprint density at radius 3 is 2.64 bits per heavy atom. The van der Waals surface area contributed by atoms with E-state index < -0.39 is 0 Å². The molecule has 3 N–H and O–H groups in total. The number of nitrogens with one attached hydrogen (secondary N) is 1. The van der Waals surface area contributed by atoms with Crippen LogP contribution in [0.4, 0.5) is 0 Å². The van der Waals surface area contributed by atoms with Gasteiger partial charge in [0.1, 0.15) is 5.84 Å². The molecule has 3 nitrogen and oxygen atoms in total. The van der Waals surface area contributed by atoms with E-state index in [9.17, 15) is 0 Å². The molecular weight excluding hydrogens is 138 g/mol. The summed E-state index contributed by atoms with van der Waals surface area (Å²) in [5.74, 6) is 1.61. The smallest absolute Gasteiger partial charge is 0.121 e. The van der Waals surface area contributed by atoms with E-state index >= 15 is 0 Å². The second-order valence-electron chi connectivity index (χ2n) is 3.59. The largest absolute Gasteiger partial charge is 0.386 e. The topological polar surface area (TPSA) is 50.4 Å². The summed E-state index contributed by atoms with van der Waals surface area (Å²) in [5.41, 5.74) is 8.69. The maximum absolute atomic E-state index is 5.58. The van der Waals surface area contributed by atoms with Gasteiger partial charge in [0.25, 0.3) is 0 Å². The van der Waals surface area contributed by atoms with Gasteiger partial charge in [-0.3, -0.25) is 0 Å². The van der Waals surface area contributed by atoms with Crippen LogP contribution in [0.5, 0.6) is 0 Å². The molecule has 0 spiro atoms. The lowest BCUT2D eigenvalue weighted by atomic mass is 9.96. The van der Waals surface area contributed by atoms with Crippen LogP contribution in [0, 0.1) is 5.92 Å². The average Bonchev–Trinajstić information content (AvgIpc) is 2.55. The summed E-state index contributed by atoms with van der Waals surface area (Å²) < 4.78 is 0. The molecule has 1 aliphatic carbocycles. The third-order valence-corrected chi connectivity index (χ3v) is 2.77. The number of rotatable bonds is 1. The van der Waals surface area contributed by atoms with Crippen molar-refractivity contribution in [2.24, 2.45) is 16.8 Å². The highest BCUT2D eigenvalue weighted by atomic mass is 15.3. The molecule has 0 aromatic rings. The molecule has 0 saturated heterocycles. The van der Waals surface area contributed by atoms with Gasteiger partial charge in [0.05, 0.1) is 6.04 Å². The second kappa shape index (κ2) is 2.72. The lowest BCUT2D eigenvalue weighted by Crippen LogP contribution is -2.28. The van der Waals surface area contributed by atoms with Crippen molar-refractivity contribution in [2.45, 2.75) is 38.1 Å². The highest BCUT2D eigenvalue weighted by Crippen LogP contribution is 2.29. The Kier molecular flexibility index (Phi) is 1.72. The molecule has 1 heterocycles. The first kappa shape index (κ1) is 6.95. The minimum absolute atomic E-state index is 0.553. The number of hydrogen-bond donors (Lipinski definition) is 2. The minimum Gasteiger partial charge on any atom is -0.386 e. The van der Waals surface area contributed by atoms with Crippen molar-refractivity contribution in [3.8, 4) is 0 Å². The molecule has 0 unspecified atom stereocenters. The van der Waals surface area contributed by atoms with Crippen LogP contribution in [0.2, 0.25) is 0 Å². The molecule has 1 saturated carbocycles. The van der Waals surface area contributed by atoms with Gasteiger partial charge in [-0.15, -0.1) is 0 Å². The lowest BCUT2D eigenvalue weighted by molar-refractivity contribution is 0.392. The molecule has 3 heteroatoms. The molecule has 62 valence electrons. The zero-order valence-electron chi connectivity index (χ0n) is 6.71. The first-order valence-electron chi connectivity index (χ1n) is 4.44. The number of nitrogens with zero attached hydrogens (tertiary/aromatic N) is 1. The van der Waals surface area contributed by atoms with Gasteiger partial charge in [-0.2, -0.15) is 5.10 Å². The molecule has 2 aliphatic rings. The Labute approximate surface area is 67.0 Å². The van der Waals surface area contributed by atoms with E-state index in [0.29, 0.717) is 6.04 Å². The van der Waals surface area contributed by atoms with E-state index in [1.165, 1.54) is 25.7 Å². The summed E-state index contributed by atoms with van der Waals surface area (Å²) >= 11 is 0. The Morgan fingerprint density at radius 2 is 2.09 bits per heavy atom. The maximum Gasteiger partial charge on any atom is 0.121 e. The second-order valence-corrected chi connectivity index (χ2v) is 3.59. The molecule has 0 bridgehead atoms. The number of hydrogen-bond acceptors (Lipinski definition) is 3. The lowest BCUT2D eigenvalue weighted by Gasteiger charge is -2.16. The van der Waals surface area contributed by atoms with Gasteiger partial charge in [-0.25, -0.2) is 0 Å². The normalized spacial score (nSPS) is 32.0. The van der Waals surface area contributed by atoms with Crippen molar-refractivity contribution < 1.29 is 0 Å². The highest BCUT2D eigenvalue weighted by Gasteiger charge is 2.28. The summed E-state index contributed by atoms with van der Waals surface area (Å²) in [6, 6.07) is 0.553. The molecule has 0 aromatic heterocycles. The molecular formula is C8H15N3. The van der Waals surface area contributed by atoms with E-state index in [1.807, 2.05) is 0 Å². The van der Waals surface area contributed by atoms with Crippen LogP contribution >= 0.6 is 0 Å². The van der Waals surface area contributed by atoms with Crippen molar-refractivity contribution in [1.29, 1.82) is 0 Å². The minimum atomic E-state index is 0.553. The van der Waals surface area contributed by atoms with Gasteiger partial charge in [0.15, 0.2) is 0 Å². The van der Waals surface area contributed by atoms with Gasteiger partial charge in [0.2, 0.25) is 0 Å². The fraction of sp³-hybridized carbons (Fsp3) is 0.875. The average molecular weight is 153 g/mol. The summed E-state index contributed by atoms with van der Waals surface area (Å²) in [7, 11) is 0. The molecule has 1 fully saturated rings. The predicted octanol–water partition coefficient (Wildman–Crippen LogP) is 0.811. The van der Waals surface area contributed by atoms with E-state index in [2.05, 4.69) is 10.5 Å². The molecule has 1 atom stereocenters. The van der Waals surface area contributed by atoms with Crippen LogP contribution in [-0.4, -0.2) is 11.9 Å². The fourth-order valence-electron chi connectivity index (χ4n) is 2.11. The summed E-state index contributed by atoms with van der Waals surface area (Å²) in [5, 5.41) is 4.01.